The Balaban J connectivity index is 1.72. The molecule has 1 aromatic heterocycles. The van der Waals surface area contributed by atoms with Crippen molar-refractivity contribution in [3.05, 3.63) is 46.4 Å². The van der Waals surface area contributed by atoms with Gasteiger partial charge < -0.3 is 10.1 Å². The summed E-state index contributed by atoms with van der Waals surface area (Å²) in [5.74, 6) is -1.99. The second-order valence-corrected chi connectivity index (χ2v) is 9.15. The molecule has 1 aliphatic heterocycles. The molecule has 0 radical (unpaired) electrons. The van der Waals surface area contributed by atoms with Crippen LogP contribution in [0.2, 0.25) is 0 Å². The summed E-state index contributed by atoms with van der Waals surface area (Å²) in [6.07, 6.45) is 1.05. The smallest absolute Gasteiger partial charge is 0.350 e. The number of amides is 1. The van der Waals surface area contributed by atoms with Crippen LogP contribution in [-0.4, -0.2) is 44.8 Å². The first-order valence-electron chi connectivity index (χ1n) is 8.55. The minimum atomic E-state index is -3.82. The topological polar surface area (TPSA) is 92.8 Å². The van der Waals surface area contributed by atoms with E-state index in [1.165, 1.54) is 23.5 Å². The molecule has 2 heterocycles. The molecule has 2 aromatic rings. The highest BCUT2D eigenvalue weighted by atomic mass is 32.2. The average molecular weight is 426 g/mol. The number of nitrogens with one attached hydrogen (secondary N) is 1. The first kappa shape index (κ1) is 20.4. The average Bonchev–Trinajstić information content (AvgIpc) is 3.16. The van der Waals surface area contributed by atoms with Crippen LogP contribution in [0.15, 0.2) is 40.6 Å². The van der Waals surface area contributed by atoms with Gasteiger partial charge in [-0.25, -0.2) is 17.6 Å². The number of nitrogens with zero attached hydrogens (tertiary/aromatic N) is 1. The SMILES string of the molecule is COC(=O)c1sccc1NC(=O)C1CCCN(S(=O)(=O)c2ccc(F)cc2)C1. The lowest BCUT2D eigenvalue weighted by Gasteiger charge is -2.31. The number of halogens is 1. The van der Waals surface area contributed by atoms with Crippen LogP contribution in [-0.2, 0) is 19.6 Å². The van der Waals surface area contributed by atoms with Crippen molar-refractivity contribution in [2.45, 2.75) is 17.7 Å². The van der Waals surface area contributed by atoms with Gasteiger partial charge in [-0.2, -0.15) is 4.31 Å². The Morgan fingerprint density at radius 3 is 2.64 bits per heavy atom. The number of carbonyl (C=O) groups is 2. The zero-order valence-corrected chi connectivity index (χ0v) is 16.7. The number of methoxy groups -OCH3 is 1. The molecule has 28 heavy (non-hydrogen) atoms. The molecular weight excluding hydrogens is 407 g/mol. The van der Waals surface area contributed by atoms with Gasteiger partial charge in [-0.1, -0.05) is 0 Å². The Kier molecular flexibility index (Phi) is 6.11. The molecule has 1 atom stereocenters. The van der Waals surface area contributed by atoms with E-state index in [2.05, 4.69) is 10.1 Å². The van der Waals surface area contributed by atoms with E-state index in [9.17, 15) is 22.4 Å². The van der Waals surface area contributed by atoms with Crippen molar-refractivity contribution in [1.29, 1.82) is 0 Å². The maximum absolute atomic E-state index is 13.1. The second kappa shape index (κ2) is 8.38. The fraction of sp³-hybridized carbons (Fsp3) is 0.333. The number of thiophene rings is 1. The zero-order valence-electron chi connectivity index (χ0n) is 15.1. The Hall–Kier alpha value is -2.30. The van der Waals surface area contributed by atoms with Gasteiger partial charge >= 0.3 is 5.97 Å². The number of hydrogen-bond donors (Lipinski definition) is 1. The third-order valence-corrected chi connectivity index (χ3v) is 7.27. The Bertz CT molecular complexity index is 972. The molecule has 1 saturated heterocycles. The summed E-state index contributed by atoms with van der Waals surface area (Å²) in [6, 6.07) is 6.20. The van der Waals surface area contributed by atoms with Gasteiger partial charge in [0.05, 0.1) is 23.6 Å². The van der Waals surface area contributed by atoms with Gasteiger partial charge in [0, 0.05) is 13.1 Å². The minimum absolute atomic E-state index is 0.0132. The van der Waals surface area contributed by atoms with E-state index in [1.807, 2.05) is 0 Å². The van der Waals surface area contributed by atoms with E-state index in [-0.39, 0.29) is 28.8 Å². The Morgan fingerprint density at radius 1 is 1.25 bits per heavy atom. The van der Waals surface area contributed by atoms with Crippen LogP contribution in [0.5, 0.6) is 0 Å². The number of piperidine rings is 1. The van der Waals surface area contributed by atoms with Crippen molar-refractivity contribution in [1.82, 2.24) is 4.31 Å². The molecule has 1 aromatic carbocycles. The molecular formula is C18H19FN2O5S2. The van der Waals surface area contributed by atoms with Gasteiger partial charge in [0.1, 0.15) is 10.7 Å². The number of sulfonamides is 1. The Morgan fingerprint density at radius 2 is 1.96 bits per heavy atom. The van der Waals surface area contributed by atoms with E-state index in [0.29, 0.717) is 18.5 Å². The van der Waals surface area contributed by atoms with Gasteiger partial charge in [0.25, 0.3) is 0 Å². The molecule has 10 heteroatoms. The van der Waals surface area contributed by atoms with Crippen LogP contribution < -0.4 is 5.32 Å². The van der Waals surface area contributed by atoms with E-state index < -0.39 is 27.7 Å². The summed E-state index contributed by atoms with van der Waals surface area (Å²) in [5, 5.41) is 4.36. The third kappa shape index (κ3) is 4.23. The molecule has 150 valence electrons. The number of esters is 1. The van der Waals surface area contributed by atoms with E-state index >= 15 is 0 Å². The number of anilines is 1. The highest BCUT2D eigenvalue weighted by molar-refractivity contribution is 7.89. The van der Waals surface area contributed by atoms with Crippen molar-refractivity contribution in [2.24, 2.45) is 5.92 Å². The molecule has 1 N–H and O–H groups in total. The van der Waals surface area contributed by atoms with Crippen molar-refractivity contribution >= 4 is 38.9 Å². The number of carbonyl (C=O) groups excluding carboxylic acids is 2. The molecule has 1 aliphatic rings. The van der Waals surface area contributed by atoms with Gasteiger partial charge in [-0.15, -0.1) is 11.3 Å². The van der Waals surface area contributed by atoms with Crippen LogP contribution in [0.1, 0.15) is 22.5 Å². The lowest BCUT2D eigenvalue weighted by molar-refractivity contribution is -0.120. The fourth-order valence-corrected chi connectivity index (χ4v) is 5.31. The second-order valence-electron chi connectivity index (χ2n) is 6.30. The third-order valence-electron chi connectivity index (χ3n) is 4.50. The molecule has 0 saturated carbocycles. The van der Waals surface area contributed by atoms with Crippen LogP contribution in [0.3, 0.4) is 0 Å². The van der Waals surface area contributed by atoms with Crippen LogP contribution >= 0.6 is 11.3 Å². The lowest BCUT2D eigenvalue weighted by Crippen LogP contribution is -2.43. The van der Waals surface area contributed by atoms with Crippen LogP contribution in [0.25, 0.3) is 0 Å². The molecule has 1 amide bonds. The quantitative estimate of drug-likeness (QED) is 0.742. The van der Waals surface area contributed by atoms with Gasteiger partial charge in [-0.3, -0.25) is 4.79 Å². The normalized spacial score (nSPS) is 17.9. The predicted molar refractivity (Wildman–Crippen MR) is 102 cm³/mol. The molecule has 7 nitrogen and oxygen atoms in total. The van der Waals surface area contributed by atoms with Crippen molar-refractivity contribution in [2.75, 3.05) is 25.5 Å². The summed E-state index contributed by atoms with van der Waals surface area (Å²) in [7, 11) is -2.56. The standard InChI is InChI=1S/C18H19FN2O5S2/c1-26-18(23)16-15(8-10-27-16)20-17(22)12-3-2-9-21(11-12)28(24,25)14-6-4-13(19)5-7-14/h4-8,10,12H,2-3,9,11H2,1H3,(H,20,22). The summed E-state index contributed by atoms with van der Waals surface area (Å²) in [6.45, 7) is 0.304. The highest BCUT2D eigenvalue weighted by Crippen LogP contribution is 2.27. The number of hydrogen-bond acceptors (Lipinski definition) is 6. The molecule has 0 aliphatic carbocycles. The predicted octanol–water partition coefficient (Wildman–Crippen LogP) is 2.71. The lowest BCUT2D eigenvalue weighted by atomic mass is 9.99. The van der Waals surface area contributed by atoms with E-state index in [4.69, 9.17) is 0 Å². The summed E-state index contributed by atoms with van der Waals surface area (Å²) in [4.78, 5) is 24.7. The van der Waals surface area contributed by atoms with Crippen molar-refractivity contribution in [3.8, 4) is 0 Å². The van der Waals surface area contributed by atoms with Gasteiger partial charge in [0.15, 0.2) is 0 Å². The van der Waals surface area contributed by atoms with Gasteiger partial charge in [0.2, 0.25) is 15.9 Å². The minimum Gasteiger partial charge on any atom is -0.465 e. The summed E-state index contributed by atoms with van der Waals surface area (Å²) in [5.41, 5.74) is 0.348. The van der Waals surface area contributed by atoms with E-state index in [0.717, 1.165) is 23.5 Å². The van der Waals surface area contributed by atoms with Gasteiger partial charge in [-0.05, 0) is 48.6 Å². The summed E-state index contributed by atoms with van der Waals surface area (Å²) < 4.78 is 44.6. The van der Waals surface area contributed by atoms with Crippen LogP contribution in [0, 0.1) is 11.7 Å². The molecule has 1 fully saturated rings. The Labute approximate surface area is 166 Å². The summed E-state index contributed by atoms with van der Waals surface area (Å²) >= 11 is 1.15. The maximum Gasteiger partial charge on any atom is 0.350 e. The maximum atomic E-state index is 13.1. The molecule has 3 rings (SSSR count). The first-order chi connectivity index (χ1) is 13.3. The first-order valence-corrected chi connectivity index (χ1v) is 10.9. The van der Waals surface area contributed by atoms with Crippen LogP contribution in [0.4, 0.5) is 10.1 Å². The highest BCUT2D eigenvalue weighted by Gasteiger charge is 2.33. The van der Waals surface area contributed by atoms with Crippen molar-refractivity contribution in [3.63, 3.8) is 0 Å². The number of benzene rings is 1. The van der Waals surface area contributed by atoms with E-state index in [1.54, 1.807) is 11.4 Å². The largest absolute Gasteiger partial charge is 0.465 e. The molecule has 0 bridgehead atoms. The van der Waals surface area contributed by atoms with Crippen molar-refractivity contribution < 1.29 is 27.1 Å². The molecule has 0 spiro atoms. The fourth-order valence-electron chi connectivity index (χ4n) is 3.02. The number of rotatable bonds is 5. The monoisotopic (exact) mass is 426 g/mol. The molecule has 1 unspecified atom stereocenters. The zero-order chi connectivity index (χ0) is 20.3. The number of ether oxygens (including phenoxy) is 1.